The molecule has 4 aliphatic rings. The number of nitrogens with one attached hydrogen (secondary N) is 1. The van der Waals surface area contributed by atoms with E-state index in [9.17, 15) is 9.59 Å². The Balaban J connectivity index is 1.34. The van der Waals surface area contributed by atoms with Gasteiger partial charge in [0.15, 0.2) is 0 Å². The van der Waals surface area contributed by atoms with E-state index in [2.05, 4.69) is 5.32 Å². The monoisotopic (exact) mass is 324 g/mol. The number of carbonyl (C=O) groups excluding carboxylic acids is 2. The zero-order valence-corrected chi connectivity index (χ0v) is 13.3. The van der Waals surface area contributed by atoms with E-state index >= 15 is 0 Å². The van der Waals surface area contributed by atoms with Crippen LogP contribution in [-0.4, -0.2) is 97.5 Å². The summed E-state index contributed by atoms with van der Waals surface area (Å²) in [5.41, 5.74) is 0. The number of urea groups is 1. The lowest BCUT2D eigenvalue weighted by Crippen LogP contribution is -2.54. The Kier molecular flexibility index (Phi) is 4.02. The van der Waals surface area contributed by atoms with Crippen LogP contribution in [0.25, 0.3) is 0 Å². The maximum absolute atomic E-state index is 12.5. The van der Waals surface area contributed by atoms with Crippen LogP contribution in [0.1, 0.15) is 12.8 Å². The van der Waals surface area contributed by atoms with Crippen molar-refractivity contribution in [1.82, 2.24) is 20.0 Å². The molecule has 0 radical (unpaired) electrons. The average molecular weight is 324 g/mol. The van der Waals surface area contributed by atoms with Gasteiger partial charge in [-0.3, -0.25) is 4.90 Å². The number of carbonyl (C=O) groups is 2. The van der Waals surface area contributed by atoms with Crippen LogP contribution in [-0.2, 0) is 9.47 Å². The van der Waals surface area contributed by atoms with Crippen molar-refractivity contribution in [1.29, 1.82) is 0 Å². The fourth-order valence-corrected chi connectivity index (χ4v) is 4.07. The summed E-state index contributed by atoms with van der Waals surface area (Å²) in [6.07, 6.45) is 1.47. The smallest absolute Gasteiger partial charge is 0.410 e. The molecular formula is C15H24N4O4. The molecule has 0 bridgehead atoms. The van der Waals surface area contributed by atoms with Crippen LogP contribution in [0.3, 0.4) is 0 Å². The van der Waals surface area contributed by atoms with Crippen molar-refractivity contribution in [2.45, 2.75) is 31.0 Å². The maximum atomic E-state index is 12.5. The number of hydrogen-bond donors (Lipinski definition) is 1. The van der Waals surface area contributed by atoms with Gasteiger partial charge in [-0.1, -0.05) is 0 Å². The van der Waals surface area contributed by atoms with Crippen LogP contribution >= 0.6 is 0 Å². The first kappa shape index (κ1) is 15.0. The number of nitrogens with zero attached hydrogens (tertiary/aromatic N) is 3. The number of rotatable bonds is 1. The molecular weight excluding hydrogens is 300 g/mol. The Morgan fingerprint density at radius 3 is 2.48 bits per heavy atom. The van der Waals surface area contributed by atoms with E-state index in [1.54, 1.807) is 0 Å². The van der Waals surface area contributed by atoms with Gasteiger partial charge in [-0.25, -0.2) is 9.59 Å². The fraction of sp³-hybridized carbons (Fsp3) is 0.867. The van der Waals surface area contributed by atoms with Gasteiger partial charge in [0.25, 0.3) is 0 Å². The van der Waals surface area contributed by atoms with E-state index in [-0.39, 0.29) is 30.3 Å². The molecule has 0 aromatic heterocycles. The third-order valence-corrected chi connectivity index (χ3v) is 5.36. The van der Waals surface area contributed by atoms with Crippen molar-refractivity contribution in [3.63, 3.8) is 0 Å². The lowest BCUT2D eigenvalue weighted by molar-refractivity contribution is 0.0381. The van der Waals surface area contributed by atoms with Crippen LogP contribution < -0.4 is 5.32 Å². The quantitative estimate of drug-likeness (QED) is 0.717. The molecule has 0 unspecified atom stereocenters. The Hall–Kier alpha value is -1.54. The lowest BCUT2D eigenvalue weighted by atomic mass is 10.0. The number of likely N-dealkylation sites (tertiary alicyclic amines) is 1. The van der Waals surface area contributed by atoms with E-state index in [1.807, 2.05) is 14.7 Å². The molecule has 1 N–H and O–H groups in total. The van der Waals surface area contributed by atoms with Gasteiger partial charge in [-0.15, -0.1) is 0 Å². The molecule has 0 spiro atoms. The van der Waals surface area contributed by atoms with Crippen LogP contribution in [0.5, 0.6) is 0 Å². The largest absolute Gasteiger partial charge is 0.442 e. The molecule has 128 valence electrons. The lowest BCUT2D eigenvalue weighted by Gasteiger charge is -2.40. The Bertz CT molecular complexity index is 474. The number of amides is 3. The molecule has 4 aliphatic heterocycles. The number of fused-ring (bicyclic) bond motifs is 1. The Morgan fingerprint density at radius 1 is 1.04 bits per heavy atom. The van der Waals surface area contributed by atoms with Crippen LogP contribution in [0, 0.1) is 0 Å². The van der Waals surface area contributed by atoms with Crippen molar-refractivity contribution in [2.24, 2.45) is 0 Å². The molecule has 8 nitrogen and oxygen atoms in total. The van der Waals surface area contributed by atoms with E-state index < -0.39 is 0 Å². The van der Waals surface area contributed by atoms with Gasteiger partial charge < -0.3 is 24.6 Å². The molecule has 8 heteroatoms. The van der Waals surface area contributed by atoms with Crippen molar-refractivity contribution in [3.8, 4) is 0 Å². The minimum atomic E-state index is -0.181. The molecule has 4 rings (SSSR count). The molecule has 23 heavy (non-hydrogen) atoms. The Morgan fingerprint density at radius 2 is 1.74 bits per heavy atom. The summed E-state index contributed by atoms with van der Waals surface area (Å²) in [5.74, 6) is 0. The minimum absolute atomic E-state index is 0.00416. The zero-order chi connectivity index (χ0) is 15.8. The minimum Gasteiger partial charge on any atom is -0.442 e. The molecule has 0 saturated carbocycles. The van der Waals surface area contributed by atoms with E-state index in [0.717, 1.165) is 25.9 Å². The first-order chi connectivity index (χ1) is 11.2. The topological polar surface area (TPSA) is 74.4 Å². The van der Waals surface area contributed by atoms with Gasteiger partial charge in [0.1, 0.15) is 6.10 Å². The van der Waals surface area contributed by atoms with Crippen LogP contribution in [0.4, 0.5) is 9.59 Å². The second-order valence-corrected chi connectivity index (χ2v) is 6.66. The molecule has 0 aromatic rings. The number of hydrogen-bond acceptors (Lipinski definition) is 5. The predicted octanol–water partition coefficient (Wildman–Crippen LogP) is -0.304. The van der Waals surface area contributed by atoms with Gasteiger partial charge in [-0.2, -0.15) is 0 Å². The summed E-state index contributed by atoms with van der Waals surface area (Å²) in [5, 5.41) is 3.28. The number of ether oxygens (including phenoxy) is 2. The van der Waals surface area contributed by atoms with E-state index in [4.69, 9.17) is 9.47 Å². The van der Waals surface area contributed by atoms with Gasteiger partial charge in [0, 0.05) is 45.3 Å². The van der Waals surface area contributed by atoms with Crippen LogP contribution in [0.15, 0.2) is 0 Å². The SMILES string of the molecule is O=C(N1CCOCC1)N1CCC(N2C(=O)O[C@H]3CNC[C@H]32)CC1. The first-order valence-corrected chi connectivity index (χ1v) is 8.55. The number of piperidine rings is 1. The maximum Gasteiger partial charge on any atom is 0.410 e. The average Bonchev–Trinajstić information content (AvgIpc) is 3.15. The molecule has 4 heterocycles. The first-order valence-electron chi connectivity index (χ1n) is 8.55. The summed E-state index contributed by atoms with van der Waals surface area (Å²) in [7, 11) is 0. The molecule has 2 atom stereocenters. The van der Waals surface area contributed by atoms with Gasteiger partial charge in [-0.05, 0) is 12.8 Å². The van der Waals surface area contributed by atoms with Gasteiger partial charge >= 0.3 is 12.1 Å². The molecule has 3 amide bonds. The van der Waals surface area contributed by atoms with E-state index in [0.29, 0.717) is 39.4 Å². The third kappa shape index (κ3) is 2.74. The van der Waals surface area contributed by atoms with Crippen molar-refractivity contribution >= 4 is 12.1 Å². The summed E-state index contributed by atoms with van der Waals surface area (Å²) in [6, 6.07) is 0.455. The predicted molar refractivity (Wildman–Crippen MR) is 81.1 cm³/mol. The molecule has 0 aromatic carbocycles. The summed E-state index contributed by atoms with van der Waals surface area (Å²) >= 11 is 0. The zero-order valence-electron chi connectivity index (χ0n) is 13.3. The van der Waals surface area contributed by atoms with Gasteiger partial charge in [0.05, 0.1) is 19.3 Å². The highest BCUT2D eigenvalue weighted by Gasteiger charge is 2.48. The van der Waals surface area contributed by atoms with E-state index in [1.165, 1.54) is 0 Å². The third-order valence-electron chi connectivity index (χ3n) is 5.36. The molecule has 0 aliphatic carbocycles. The standard InChI is InChI=1S/C15H24N4O4/c20-14(18-5-7-22-8-6-18)17-3-1-11(2-4-17)19-12-9-16-10-13(12)23-15(19)21/h11-13,16H,1-10H2/t12-,13+/m1/s1. The molecule has 4 saturated heterocycles. The van der Waals surface area contributed by atoms with Crippen molar-refractivity contribution < 1.29 is 19.1 Å². The van der Waals surface area contributed by atoms with Crippen molar-refractivity contribution in [3.05, 3.63) is 0 Å². The second-order valence-electron chi connectivity index (χ2n) is 6.66. The molecule has 4 fully saturated rings. The summed E-state index contributed by atoms with van der Waals surface area (Å²) < 4.78 is 10.7. The number of morpholine rings is 1. The highest BCUT2D eigenvalue weighted by atomic mass is 16.6. The highest BCUT2D eigenvalue weighted by Crippen LogP contribution is 2.29. The second kappa shape index (κ2) is 6.16. The highest BCUT2D eigenvalue weighted by molar-refractivity contribution is 5.75. The summed E-state index contributed by atoms with van der Waals surface area (Å²) in [4.78, 5) is 30.3. The van der Waals surface area contributed by atoms with Crippen molar-refractivity contribution in [2.75, 3.05) is 52.5 Å². The van der Waals surface area contributed by atoms with Gasteiger partial charge in [0.2, 0.25) is 0 Å². The summed E-state index contributed by atoms with van der Waals surface area (Å²) in [6.45, 7) is 5.56. The Labute approximate surface area is 135 Å². The normalized spacial score (nSPS) is 32.2. The fourth-order valence-electron chi connectivity index (χ4n) is 4.07. The van der Waals surface area contributed by atoms with Crippen LogP contribution in [0.2, 0.25) is 0 Å².